The van der Waals surface area contributed by atoms with Crippen LogP contribution in [0.3, 0.4) is 0 Å². The normalized spacial score (nSPS) is 11.9. The van der Waals surface area contributed by atoms with Crippen LogP contribution < -0.4 is 0 Å². The molecule has 0 radical (unpaired) electrons. The number of benzene rings is 2. The first-order chi connectivity index (χ1) is 11.7. The first-order valence-electron chi connectivity index (χ1n) is 7.57. The SMILES string of the molecule is CON=C(CC(=O)c1ccccc1)CC(=NOC)c1ccccc1. The third kappa shape index (κ3) is 5.05. The zero-order chi connectivity index (χ0) is 17.2. The molecule has 0 aliphatic carbocycles. The van der Waals surface area contributed by atoms with Crippen LogP contribution in [-0.2, 0) is 9.68 Å². The molecular weight excluding hydrogens is 304 g/mol. The van der Waals surface area contributed by atoms with Crippen LogP contribution in [0, 0.1) is 0 Å². The zero-order valence-corrected chi connectivity index (χ0v) is 13.8. The van der Waals surface area contributed by atoms with E-state index < -0.39 is 0 Å². The fourth-order valence-electron chi connectivity index (χ4n) is 2.29. The largest absolute Gasteiger partial charge is 0.399 e. The highest BCUT2D eigenvalue weighted by molar-refractivity contribution is 6.18. The number of carbonyl (C=O) groups is 1. The zero-order valence-electron chi connectivity index (χ0n) is 13.8. The van der Waals surface area contributed by atoms with Crippen LogP contribution in [0.4, 0.5) is 0 Å². The Morgan fingerprint density at radius 3 is 1.88 bits per heavy atom. The fraction of sp³-hybridized carbons (Fsp3) is 0.211. The molecule has 2 aromatic rings. The van der Waals surface area contributed by atoms with Crippen molar-refractivity contribution in [3.63, 3.8) is 0 Å². The summed E-state index contributed by atoms with van der Waals surface area (Å²) in [6.07, 6.45) is 0.525. The Kier molecular flexibility index (Phi) is 6.71. The molecule has 0 heterocycles. The third-order valence-corrected chi connectivity index (χ3v) is 3.36. The number of ketones is 1. The maximum absolute atomic E-state index is 12.4. The number of hydrogen-bond donors (Lipinski definition) is 0. The van der Waals surface area contributed by atoms with E-state index in [-0.39, 0.29) is 12.2 Å². The summed E-state index contributed by atoms with van der Waals surface area (Å²) in [5.74, 6) is -0.0174. The molecule has 0 fully saturated rings. The van der Waals surface area contributed by atoms with Crippen molar-refractivity contribution in [2.45, 2.75) is 12.8 Å². The van der Waals surface area contributed by atoms with E-state index in [9.17, 15) is 4.79 Å². The van der Waals surface area contributed by atoms with Gasteiger partial charge in [-0.15, -0.1) is 0 Å². The van der Waals surface area contributed by atoms with Gasteiger partial charge in [0.15, 0.2) is 5.78 Å². The summed E-state index contributed by atoms with van der Waals surface area (Å²) in [6, 6.07) is 18.7. The Labute approximate surface area is 141 Å². The van der Waals surface area contributed by atoms with Gasteiger partial charge < -0.3 is 9.68 Å². The van der Waals surface area contributed by atoms with E-state index in [0.29, 0.717) is 23.4 Å². The van der Waals surface area contributed by atoms with Crippen LogP contribution in [0.15, 0.2) is 71.0 Å². The smallest absolute Gasteiger partial charge is 0.168 e. The van der Waals surface area contributed by atoms with Crippen molar-refractivity contribution in [3.05, 3.63) is 71.8 Å². The van der Waals surface area contributed by atoms with Gasteiger partial charge in [0.1, 0.15) is 14.2 Å². The Morgan fingerprint density at radius 1 is 0.792 bits per heavy atom. The molecule has 5 heteroatoms. The van der Waals surface area contributed by atoms with E-state index in [1.807, 2.05) is 48.5 Å². The van der Waals surface area contributed by atoms with Gasteiger partial charge in [0.25, 0.3) is 0 Å². The van der Waals surface area contributed by atoms with Crippen LogP contribution >= 0.6 is 0 Å². The number of carbonyl (C=O) groups excluding carboxylic acids is 1. The molecular formula is C19H20N2O3. The molecule has 5 nitrogen and oxygen atoms in total. The molecule has 124 valence electrons. The summed E-state index contributed by atoms with van der Waals surface area (Å²) in [7, 11) is 2.95. The standard InChI is InChI=1S/C19H20N2O3/c1-23-20-17(14-19(22)16-11-7-4-8-12-16)13-18(21-24-2)15-9-5-3-6-10-15/h3-12H,13-14H2,1-2H3. The number of nitrogens with zero attached hydrogens (tertiary/aromatic N) is 2. The highest BCUT2D eigenvalue weighted by Gasteiger charge is 2.15. The molecule has 0 spiro atoms. The van der Waals surface area contributed by atoms with Crippen molar-refractivity contribution in [3.8, 4) is 0 Å². The molecule has 0 unspecified atom stereocenters. The van der Waals surface area contributed by atoms with Crippen LogP contribution in [0.5, 0.6) is 0 Å². The molecule has 0 aromatic heterocycles. The van der Waals surface area contributed by atoms with E-state index in [1.54, 1.807) is 12.1 Å². The van der Waals surface area contributed by atoms with Crippen molar-refractivity contribution >= 4 is 17.2 Å². The van der Waals surface area contributed by atoms with E-state index in [2.05, 4.69) is 10.3 Å². The summed E-state index contributed by atoms with van der Waals surface area (Å²) < 4.78 is 0. The predicted molar refractivity (Wildman–Crippen MR) is 94.4 cm³/mol. The summed E-state index contributed by atoms with van der Waals surface area (Å²) in [6.45, 7) is 0. The van der Waals surface area contributed by atoms with Crippen molar-refractivity contribution in [2.24, 2.45) is 10.3 Å². The molecule has 24 heavy (non-hydrogen) atoms. The molecule has 0 bridgehead atoms. The minimum Gasteiger partial charge on any atom is -0.399 e. The van der Waals surface area contributed by atoms with Crippen LogP contribution in [0.1, 0.15) is 28.8 Å². The van der Waals surface area contributed by atoms with Crippen LogP contribution in [0.2, 0.25) is 0 Å². The maximum Gasteiger partial charge on any atom is 0.168 e. The average molecular weight is 324 g/mol. The Bertz CT molecular complexity index is 710. The highest BCUT2D eigenvalue weighted by atomic mass is 16.6. The van der Waals surface area contributed by atoms with Crippen molar-refractivity contribution in [1.82, 2.24) is 0 Å². The monoisotopic (exact) mass is 324 g/mol. The van der Waals surface area contributed by atoms with Gasteiger partial charge in [-0.2, -0.15) is 0 Å². The molecule has 0 saturated carbocycles. The van der Waals surface area contributed by atoms with Gasteiger partial charge in [0.2, 0.25) is 0 Å². The Morgan fingerprint density at radius 2 is 1.33 bits per heavy atom. The first-order valence-corrected chi connectivity index (χ1v) is 7.57. The number of hydrogen-bond acceptors (Lipinski definition) is 5. The lowest BCUT2D eigenvalue weighted by Gasteiger charge is -2.08. The molecule has 2 rings (SSSR count). The van der Waals surface area contributed by atoms with Gasteiger partial charge in [-0.05, 0) is 5.56 Å². The summed E-state index contributed by atoms with van der Waals surface area (Å²) >= 11 is 0. The predicted octanol–water partition coefficient (Wildman–Crippen LogP) is 3.70. The quantitative estimate of drug-likeness (QED) is 0.422. The van der Waals surface area contributed by atoms with Crippen LogP contribution in [-0.4, -0.2) is 31.4 Å². The van der Waals surface area contributed by atoms with Gasteiger partial charge >= 0.3 is 0 Å². The summed E-state index contributed by atoms with van der Waals surface area (Å²) in [4.78, 5) is 22.2. The number of oxime groups is 2. The number of rotatable bonds is 8. The van der Waals surface area contributed by atoms with Gasteiger partial charge in [-0.3, -0.25) is 4.79 Å². The average Bonchev–Trinajstić information content (AvgIpc) is 2.63. The summed E-state index contributed by atoms with van der Waals surface area (Å²) in [5.41, 5.74) is 2.84. The van der Waals surface area contributed by atoms with E-state index in [4.69, 9.17) is 9.68 Å². The lowest BCUT2D eigenvalue weighted by molar-refractivity contribution is 0.0998. The molecule has 0 amide bonds. The number of Topliss-reactive ketones (excluding diaryl/α,β-unsaturated/α-hetero) is 1. The van der Waals surface area contributed by atoms with Gasteiger partial charge in [-0.25, -0.2) is 0 Å². The second-order valence-corrected chi connectivity index (χ2v) is 5.07. The maximum atomic E-state index is 12.4. The van der Waals surface area contributed by atoms with Gasteiger partial charge in [0.05, 0.1) is 17.8 Å². The van der Waals surface area contributed by atoms with E-state index in [0.717, 1.165) is 5.56 Å². The molecule has 0 atom stereocenters. The van der Waals surface area contributed by atoms with Gasteiger partial charge in [0, 0.05) is 12.0 Å². The van der Waals surface area contributed by atoms with Crippen molar-refractivity contribution in [2.75, 3.05) is 14.2 Å². The topological polar surface area (TPSA) is 60.2 Å². The lowest BCUT2D eigenvalue weighted by atomic mass is 9.99. The molecule has 0 aliphatic rings. The highest BCUT2D eigenvalue weighted by Crippen LogP contribution is 2.11. The molecule has 0 N–H and O–H groups in total. The van der Waals surface area contributed by atoms with Gasteiger partial charge in [-0.1, -0.05) is 71.0 Å². The minimum atomic E-state index is -0.0174. The van der Waals surface area contributed by atoms with Crippen molar-refractivity contribution in [1.29, 1.82) is 0 Å². The molecule has 2 aromatic carbocycles. The van der Waals surface area contributed by atoms with Crippen LogP contribution in [0.25, 0.3) is 0 Å². The second-order valence-electron chi connectivity index (χ2n) is 5.07. The summed E-state index contributed by atoms with van der Waals surface area (Å²) in [5, 5.41) is 8.06. The Balaban J connectivity index is 2.17. The first kappa shape index (κ1) is 17.4. The minimum absolute atomic E-state index is 0.0174. The lowest BCUT2D eigenvalue weighted by Crippen LogP contribution is -2.15. The second kappa shape index (κ2) is 9.25. The third-order valence-electron chi connectivity index (χ3n) is 3.36. The van der Waals surface area contributed by atoms with E-state index >= 15 is 0 Å². The van der Waals surface area contributed by atoms with E-state index in [1.165, 1.54) is 14.2 Å². The molecule has 0 saturated heterocycles. The fourth-order valence-corrected chi connectivity index (χ4v) is 2.29. The molecule has 0 aliphatic heterocycles. The Hall–Kier alpha value is -2.95. The van der Waals surface area contributed by atoms with Crippen molar-refractivity contribution < 1.29 is 14.5 Å².